The van der Waals surface area contributed by atoms with Crippen LogP contribution in [0, 0.1) is 0 Å². The maximum absolute atomic E-state index is 12.3. The van der Waals surface area contributed by atoms with Gasteiger partial charge >= 0.3 is 5.97 Å². The Morgan fingerprint density at radius 1 is 1.22 bits per heavy atom. The van der Waals surface area contributed by atoms with Gasteiger partial charge in [-0.15, -0.1) is 0 Å². The summed E-state index contributed by atoms with van der Waals surface area (Å²) < 4.78 is 10.3. The van der Waals surface area contributed by atoms with E-state index in [0.717, 1.165) is 0 Å². The van der Waals surface area contributed by atoms with Gasteiger partial charge in [-0.05, 0) is 36.5 Å². The third-order valence-electron chi connectivity index (χ3n) is 2.42. The molecule has 1 rings (SSSR count). The molecule has 11 heteroatoms. The highest BCUT2D eigenvalue weighted by Crippen LogP contribution is 2.29. The first-order chi connectivity index (χ1) is 10.6. The molecule has 0 saturated heterocycles. The number of aromatic carboxylic acids is 1. The van der Waals surface area contributed by atoms with E-state index in [9.17, 15) is 14.0 Å². The predicted molar refractivity (Wildman–Crippen MR) is 91.0 cm³/mol. The van der Waals surface area contributed by atoms with Crippen LogP contribution in [0.4, 0.5) is 10.1 Å². The van der Waals surface area contributed by atoms with Gasteiger partial charge in [0.2, 0.25) is 3.79 Å². The van der Waals surface area contributed by atoms with Gasteiger partial charge in [-0.2, -0.15) is 0 Å². The standard InChI is InChI=1S/C12H11Cl3FN3O3S/c13-12(14,15)10(18-8(20)5-16)19-11(23)17-7-3-1-6(2-4-7)9(21)22/h1-4,10H,5H2,(H,18,20)(H,21,22)(H2,17,19,23)/t10-/m0/s1. The minimum Gasteiger partial charge on any atom is -0.478 e. The predicted octanol–water partition coefficient (Wildman–Crippen LogP) is 2.45. The molecule has 1 amide bonds. The molecular formula is C12H11Cl3FN3O3S. The lowest BCUT2D eigenvalue weighted by molar-refractivity contribution is -0.122. The summed E-state index contributed by atoms with van der Waals surface area (Å²) in [5, 5.41) is 16.1. The summed E-state index contributed by atoms with van der Waals surface area (Å²) >= 11 is 22.0. The number of carbonyl (C=O) groups is 2. The first kappa shape index (κ1) is 19.7. The van der Waals surface area contributed by atoms with Crippen LogP contribution in [0.3, 0.4) is 0 Å². The largest absolute Gasteiger partial charge is 0.478 e. The Kier molecular flexibility index (Phi) is 7.27. The van der Waals surface area contributed by atoms with Gasteiger partial charge in [0.05, 0.1) is 5.56 Å². The topological polar surface area (TPSA) is 90.5 Å². The number of rotatable bonds is 5. The number of hydrogen-bond donors (Lipinski definition) is 4. The molecule has 0 saturated carbocycles. The van der Waals surface area contributed by atoms with E-state index < -0.39 is 28.5 Å². The number of amides is 1. The summed E-state index contributed by atoms with van der Waals surface area (Å²) in [4.78, 5) is 21.8. The lowest BCUT2D eigenvalue weighted by Gasteiger charge is -2.27. The molecule has 126 valence electrons. The highest BCUT2D eigenvalue weighted by molar-refractivity contribution is 7.80. The van der Waals surface area contributed by atoms with Crippen molar-refractivity contribution in [3.63, 3.8) is 0 Å². The highest BCUT2D eigenvalue weighted by atomic mass is 35.6. The Morgan fingerprint density at radius 3 is 2.22 bits per heavy atom. The van der Waals surface area contributed by atoms with Gasteiger partial charge in [0, 0.05) is 5.69 Å². The SMILES string of the molecule is O=C(CF)N[C@@H](NC(=S)Nc1ccc(C(=O)O)cc1)C(Cl)(Cl)Cl. The number of carboxylic acids is 1. The molecule has 0 heterocycles. The highest BCUT2D eigenvalue weighted by Gasteiger charge is 2.34. The van der Waals surface area contributed by atoms with Gasteiger partial charge in [0.25, 0.3) is 5.91 Å². The van der Waals surface area contributed by atoms with Gasteiger partial charge in [0.15, 0.2) is 11.8 Å². The minimum absolute atomic E-state index is 0.0245. The molecule has 0 aliphatic carbocycles. The van der Waals surface area contributed by atoms with E-state index in [1.165, 1.54) is 24.3 Å². The van der Waals surface area contributed by atoms with Crippen LogP contribution in [-0.2, 0) is 4.79 Å². The Bertz CT molecular complexity index is 595. The second-order valence-electron chi connectivity index (χ2n) is 4.16. The summed E-state index contributed by atoms with van der Waals surface area (Å²) in [5.74, 6) is -2.05. The minimum atomic E-state index is -1.98. The van der Waals surface area contributed by atoms with E-state index in [1.807, 2.05) is 0 Å². The van der Waals surface area contributed by atoms with Crippen molar-refractivity contribution in [1.82, 2.24) is 10.6 Å². The number of halogens is 4. The van der Waals surface area contributed by atoms with Crippen LogP contribution in [0.1, 0.15) is 10.4 Å². The van der Waals surface area contributed by atoms with Crippen molar-refractivity contribution in [1.29, 1.82) is 0 Å². The second kappa shape index (κ2) is 8.49. The fraction of sp³-hybridized carbons (Fsp3) is 0.250. The summed E-state index contributed by atoms with van der Waals surface area (Å²) in [6.07, 6.45) is -1.27. The van der Waals surface area contributed by atoms with Crippen LogP contribution in [0.5, 0.6) is 0 Å². The van der Waals surface area contributed by atoms with Gasteiger partial charge in [-0.1, -0.05) is 34.8 Å². The Labute approximate surface area is 151 Å². The quantitative estimate of drug-likeness (QED) is 0.344. The van der Waals surface area contributed by atoms with Crippen LogP contribution in [-0.4, -0.2) is 38.7 Å². The van der Waals surface area contributed by atoms with Gasteiger partial charge in [0.1, 0.15) is 6.17 Å². The number of anilines is 1. The number of carbonyl (C=O) groups excluding carboxylic acids is 1. The smallest absolute Gasteiger partial charge is 0.335 e. The molecule has 1 aromatic carbocycles. The number of thiocarbonyl (C=S) groups is 1. The fourth-order valence-electron chi connectivity index (χ4n) is 1.39. The maximum Gasteiger partial charge on any atom is 0.335 e. The molecule has 0 fully saturated rings. The van der Waals surface area contributed by atoms with E-state index >= 15 is 0 Å². The molecule has 0 aliphatic heterocycles. The van der Waals surface area contributed by atoms with E-state index in [-0.39, 0.29) is 10.7 Å². The molecule has 1 atom stereocenters. The van der Waals surface area contributed by atoms with Crippen molar-refractivity contribution in [3.05, 3.63) is 29.8 Å². The third kappa shape index (κ3) is 6.74. The van der Waals surface area contributed by atoms with Gasteiger partial charge < -0.3 is 21.1 Å². The number of benzene rings is 1. The number of alkyl halides is 4. The fourth-order valence-corrected chi connectivity index (χ4v) is 1.96. The molecule has 1 aromatic rings. The molecule has 0 aromatic heterocycles. The van der Waals surface area contributed by atoms with E-state index in [1.54, 1.807) is 0 Å². The molecule has 0 unspecified atom stereocenters. The zero-order valence-corrected chi connectivity index (χ0v) is 14.4. The summed E-state index contributed by atoms with van der Waals surface area (Å²) in [5.41, 5.74) is 0.566. The second-order valence-corrected chi connectivity index (χ2v) is 6.93. The van der Waals surface area contributed by atoms with Crippen LogP contribution in [0.25, 0.3) is 0 Å². The molecule has 0 spiro atoms. The average molecular weight is 403 g/mol. The van der Waals surface area contributed by atoms with Crippen molar-refractivity contribution in [2.45, 2.75) is 9.96 Å². The molecule has 0 radical (unpaired) electrons. The van der Waals surface area contributed by atoms with Crippen LogP contribution in [0.15, 0.2) is 24.3 Å². The monoisotopic (exact) mass is 401 g/mol. The van der Waals surface area contributed by atoms with Crippen molar-refractivity contribution < 1.29 is 19.1 Å². The van der Waals surface area contributed by atoms with Crippen LogP contribution in [0.2, 0.25) is 0 Å². The van der Waals surface area contributed by atoms with E-state index in [4.69, 9.17) is 52.1 Å². The lowest BCUT2D eigenvalue weighted by atomic mass is 10.2. The zero-order valence-electron chi connectivity index (χ0n) is 11.3. The Balaban J connectivity index is 2.71. The number of hydrogen-bond acceptors (Lipinski definition) is 3. The molecule has 23 heavy (non-hydrogen) atoms. The third-order valence-corrected chi connectivity index (χ3v) is 3.29. The number of carboxylic acid groups (broad SMARTS) is 1. The van der Waals surface area contributed by atoms with E-state index in [2.05, 4.69) is 16.0 Å². The molecule has 0 aliphatic rings. The molecule has 6 nitrogen and oxygen atoms in total. The lowest BCUT2D eigenvalue weighted by Crippen LogP contribution is -2.56. The van der Waals surface area contributed by atoms with Crippen molar-refractivity contribution in [2.75, 3.05) is 12.0 Å². The normalized spacial score (nSPS) is 12.2. The number of nitrogens with one attached hydrogen (secondary N) is 3. The Morgan fingerprint density at radius 2 is 1.78 bits per heavy atom. The first-order valence-electron chi connectivity index (χ1n) is 5.96. The van der Waals surface area contributed by atoms with Crippen molar-refractivity contribution >= 4 is 69.7 Å². The van der Waals surface area contributed by atoms with E-state index in [0.29, 0.717) is 5.69 Å². The van der Waals surface area contributed by atoms with Crippen molar-refractivity contribution in [2.24, 2.45) is 0 Å². The zero-order chi connectivity index (χ0) is 17.6. The summed E-state index contributed by atoms with van der Waals surface area (Å²) in [6.45, 7) is -1.28. The average Bonchev–Trinajstić information content (AvgIpc) is 2.45. The summed E-state index contributed by atoms with van der Waals surface area (Å²) in [7, 11) is 0. The maximum atomic E-state index is 12.3. The molecule has 0 bridgehead atoms. The first-order valence-corrected chi connectivity index (χ1v) is 7.50. The Hall–Kier alpha value is -1.35. The summed E-state index contributed by atoms with van der Waals surface area (Å²) in [6, 6.07) is 5.68. The van der Waals surface area contributed by atoms with Crippen LogP contribution < -0.4 is 16.0 Å². The molecular weight excluding hydrogens is 392 g/mol. The molecule has 4 N–H and O–H groups in total. The van der Waals surface area contributed by atoms with Crippen LogP contribution >= 0.6 is 47.0 Å². The van der Waals surface area contributed by atoms with Gasteiger partial charge in [-0.3, -0.25) is 4.79 Å². The van der Waals surface area contributed by atoms with Crippen molar-refractivity contribution in [3.8, 4) is 0 Å². The van der Waals surface area contributed by atoms with Gasteiger partial charge in [-0.25, -0.2) is 9.18 Å².